The van der Waals surface area contributed by atoms with E-state index in [2.05, 4.69) is 56.5 Å². The van der Waals surface area contributed by atoms with Gasteiger partial charge in [-0.15, -0.1) is 0 Å². The van der Waals surface area contributed by atoms with E-state index in [1.54, 1.807) is 0 Å². The van der Waals surface area contributed by atoms with Crippen molar-refractivity contribution < 1.29 is 0 Å². The minimum absolute atomic E-state index is 0.0656. The molecule has 1 aromatic rings. The molecule has 0 bridgehead atoms. The van der Waals surface area contributed by atoms with Crippen molar-refractivity contribution in [2.45, 2.75) is 72.0 Å². The highest BCUT2D eigenvalue weighted by molar-refractivity contribution is 5.01. The Kier molecular flexibility index (Phi) is 6.69. The number of hydrogen-bond donors (Lipinski definition) is 1. The highest BCUT2D eigenvalue weighted by Crippen LogP contribution is 2.21. The number of nitrogens with zero attached hydrogens (tertiary/aromatic N) is 3. The first-order valence-electron chi connectivity index (χ1n) is 7.99. The molecule has 20 heavy (non-hydrogen) atoms. The van der Waals surface area contributed by atoms with Gasteiger partial charge in [0.15, 0.2) is 0 Å². The summed E-state index contributed by atoms with van der Waals surface area (Å²) in [5, 5.41) is 4.72. The van der Waals surface area contributed by atoms with Crippen LogP contribution >= 0.6 is 0 Å². The van der Waals surface area contributed by atoms with Crippen LogP contribution in [-0.2, 0) is 6.54 Å². The van der Waals surface area contributed by atoms with Crippen LogP contribution in [0.1, 0.15) is 65.6 Å². The average Bonchev–Trinajstić information content (AvgIpc) is 2.93. The van der Waals surface area contributed by atoms with Gasteiger partial charge in [-0.1, -0.05) is 20.8 Å². The molecule has 0 spiro atoms. The van der Waals surface area contributed by atoms with Gasteiger partial charge in [0.1, 0.15) is 0 Å². The fourth-order valence-corrected chi connectivity index (χ4v) is 2.40. The van der Waals surface area contributed by atoms with E-state index in [0.29, 0.717) is 12.6 Å². The van der Waals surface area contributed by atoms with Crippen molar-refractivity contribution in [2.24, 2.45) is 5.73 Å². The molecule has 0 saturated heterocycles. The quantitative estimate of drug-likeness (QED) is 0.755. The van der Waals surface area contributed by atoms with Gasteiger partial charge in [-0.3, -0.25) is 9.58 Å². The molecule has 2 unspecified atom stereocenters. The van der Waals surface area contributed by atoms with E-state index in [1.165, 1.54) is 0 Å². The topological polar surface area (TPSA) is 47.1 Å². The molecule has 4 nitrogen and oxygen atoms in total. The van der Waals surface area contributed by atoms with Crippen molar-refractivity contribution in [2.75, 3.05) is 13.1 Å². The third-order valence-electron chi connectivity index (χ3n) is 4.52. The predicted octanol–water partition coefficient (Wildman–Crippen LogP) is 3.19. The largest absolute Gasteiger partial charge is 0.329 e. The van der Waals surface area contributed by atoms with Crippen LogP contribution in [0, 0.1) is 0 Å². The predicted molar refractivity (Wildman–Crippen MR) is 85.7 cm³/mol. The van der Waals surface area contributed by atoms with Crippen LogP contribution in [-0.4, -0.2) is 33.3 Å². The molecule has 1 aromatic heterocycles. The molecule has 0 aliphatic rings. The lowest BCUT2D eigenvalue weighted by atomic mass is 9.96. The van der Waals surface area contributed by atoms with E-state index in [1.807, 2.05) is 0 Å². The Morgan fingerprint density at radius 3 is 2.60 bits per heavy atom. The minimum atomic E-state index is 0.0656. The summed E-state index contributed by atoms with van der Waals surface area (Å²) >= 11 is 0. The van der Waals surface area contributed by atoms with Crippen LogP contribution < -0.4 is 5.73 Å². The van der Waals surface area contributed by atoms with Crippen molar-refractivity contribution in [1.82, 2.24) is 14.7 Å². The Morgan fingerprint density at radius 2 is 2.10 bits per heavy atom. The summed E-state index contributed by atoms with van der Waals surface area (Å²) in [4.78, 5) is 2.48. The van der Waals surface area contributed by atoms with E-state index < -0.39 is 0 Å². The van der Waals surface area contributed by atoms with Gasteiger partial charge < -0.3 is 5.73 Å². The van der Waals surface area contributed by atoms with Crippen LogP contribution in [0.3, 0.4) is 0 Å². The zero-order valence-electron chi connectivity index (χ0n) is 13.9. The van der Waals surface area contributed by atoms with Gasteiger partial charge in [0.05, 0.1) is 5.69 Å². The summed E-state index contributed by atoms with van der Waals surface area (Å²) in [6.45, 7) is 13.7. The van der Waals surface area contributed by atoms with Crippen LogP contribution in [0.5, 0.6) is 0 Å². The molecule has 0 aliphatic carbocycles. The van der Waals surface area contributed by atoms with E-state index in [9.17, 15) is 0 Å². The second-order valence-electron chi connectivity index (χ2n) is 6.02. The number of aromatic nitrogens is 2. The molecule has 4 heteroatoms. The molecule has 0 saturated carbocycles. The van der Waals surface area contributed by atoms with Crippen LogP contribution in [0.4, 0.5) is 0 Å². The summed E-state index contributed by atoms with van der Waals surface area (Å²) < 4.78 is 2.07. The van der Waals surface area contributed by atoms with Crippen molar-refractivity contribution in [3.8, 4) is 0 Å². The Morgan fingerprint density at radius 1 is 1.40 bits per heavy atom. The standard InChI is InChI=1S/C16H32N4/c1-6-10-19(16(5,8-3)13-17)12-15-9-11-20(18-15)14(4)7-2/h9,11,14H,6-8,10,12-13,17H2,1-5H3. The third kappa shape index (κ3) is 4.06. The molecule has 0 amide bonds. The zero-order chi connectivity index (χ0) is 15.2. The smallest absolute Gasteiger partial charge is 0.0765 e. The van der Waals surface area contributed by atoms with Crippen LogP contribution in [0.2, 0.25) is 0 Å². The Balaban J connectivity index is 2.82. The summed E-state index contributed by atoms with van der Waals surface area (Å²) in [5.74, 6) is 0. The number of hydrogen-bond acceptors (Lipinski definition) is 3. The molecular weight excluding hydrogens is 248 g/mol. The van der Waals surface area contributed by atoms with Crippen LogP contribution in [0.15, 0.2) is 12.3 Å². The van der Waals surface area contributed by atoms with Gasteiger partial charge in [-0.2, -0.15) is 5.10 Å². The number of rotatable bonds is 9. The SMILES string of the molecule is CCCN(Cc1ccn(C(C)CC)n1)C(C)(CC)CN. The van der Waals surface area contributed by atoms with Crippen molar-refractivity contribution in [3.63, 3.8) is 0 Å². The van der Waals surface area contributed by atoms with Gasteiger partial charge >= 0.3 is 0 Å². The first kappa shape index (κ1) is 17.2. The van der Waals surface area contributed by atoms with Gasteiger partial charge in [0, 0.05) is 30.9 Å². The maximum absolute atomic E-state index is 6.01. The maximum Gasteiger partial charge on any atom is 0.0765 e. The molecule has 0 fully saturated rings. The molecule has 1 heterocycles. The van der Waals surface area contributed by atoms with E-state index in [-0.39, 0.29) is 5.54 Å². The van der Waals surface area contributed by atoms with Crippen molar-refractivity contribution in [1.29, 1.82) is 0 Å². The monoisotopic (exact) mass is 280 g/mol. The first-order valence-corrected chi connectivity index (χ1v) is 7.99. The third-order valence-corrected chi connectivity index (χ3v) is 4.52. The van der Waals surface area contributed by atoms with Gasteiger partial charge in [-0.25, -0.2) is 0 Å². The molecule has 2 atom stereocenters. The molecule has 0 aromatic carbocycles. The molecule has 0 aliphatic heterocycles. The summed E-state index contributed by atoms with van der Waals surface area (Å²) in [6, 6.07) is 2.61. The highest BCUT2D eigenvalue weighted by Gasteiger charge is 2.28. The van der Waals surface area contributed by atoms with E-state index in [0.717, 1.165) is 38.0 Å². The van der Waals surface area contributed by atoms with Crippen molar-refractivity contribution >= 4 is 0 Å². The van der Waals surface area contributed by atoms with Gasteiger partial charge in [0.25, 0.3) is 0 Å². The minimum Gasteiger partial charge on any atom is -0.329 e. The highest BCUT2D eigenvalue weighted by atomic mass is 15.3. The summed E-state index contributed by atoms with van der Waals surface area (Å²) in [7, 11) is 0. The first-order chi connectivity index (χ1) is 9.50. The van der Waals surface area contributed by atoms with E-state index in [4.69, 9.17) is 10.8 Å². The van der Waals surface area contributed by atoms with Gasteiger partial charge in [-0.05, 0) is 45.7 Å². The van der Waals surface area contributed by atoms with Crippen molar-refractivity contribution in [3.05, 3.63) is 18.0 Å². The second-order valence-corrected chi connectivity index (χ2v) is 6.02. The normalized spacial score (nSPS) is 16.4. The average molecular weight is 280 g/mol. The second kappa shape index (κ2) is 7.79. The van der Waals surface area contributed by atoms with E-state index >= 15 is 0 Å². The Bertz CT molecular complexity index is 382. The molecule has 2 N–H and O–H groups in total. The Labute approximate surface area is 124 Å². The molecular formula is C16H32N4. The lowest BCUT2D eigenvalue weighted by Crippen LogP contribution is -2.51. The lowest BCUT2D eigenvalue weighted by molar-refractivity contribution is 0.0955. The molecule has 1 rings (SSSR count). The zero-order valence-corrected chi connectivity index (χ0v) is 13.9. The molecule has 0 radical (unpaired) electrons. The maximum atomic E-state index is 6.01. The fraction of sp³-hybridized carbons (Fsp3) is 0.812. The van der Waals surface area contributed by atoms with Gasteiger partial charge in [0.2, 0.25) is 0 Å². The van der Waals surface area contributed by atoms with Crippen LogP contribution in [0.25, 0.3) is 0 Å². The summed E-state index contributed by atoms with van der Waals surface area (Å²) in [6.07, 6.45) is 5.41. The number of nitrogens with two attached hydrogens (primary N) is 1. The lowest BCUT2D eigenvalue weighted by Gasteiger charge is -2.39. The Hall–Kier alpha value is -0.870. The molecule has 116 valence electrons. The fourth-order valence-electron chi connectivity index (χ4n) is 2.40. The summed E-state index contributed by atoms with van der Waals surface area (Å²) in [5.41, 5.74) is 7.22.